The van der Waals surface area contributed by atoms with Crippen LogP contribution in [0.25, 0.3) is 0 Å². The van der Waals surface area contributed by atoms with E-state index < -0.39 is 27.9 Å². The van der Waals surface area contributed by atoms with Crippen molar-refractivity contribution < 1.29 is 27.5 Å². The standard InChI is InChI=1S/C21H25N3O6S/c1-13(2)10-17(24-31(27,28)16-7-4-14(3)5-8-16)21(26)23-22-20(25)15-6-9-18-19(11-15)30-12-29-18/h4-9,11,13,17,24H,10,12H2,1-3H3,(H,22,25)(H,23,26)/t17-/m1/s1. The Labute approximate surface area is 181 Å². The highest BCUT2D eigenvalue weighted by atomic mass is 32.2. The van der Waals surface area contributed by atoms with Crippen LogP contribution >= 0.6 is 0 Å². The number of ether oxygens (including phenoxy) is 2. The quantitative estimate of drug-likeness (QED) is 0.557. The number of carbonyl (C=O) groups excluding carboxylic acids is 2. The van der Waals surface area contributed by atoms with Crippen LogP contribution in [-0.4, -0.2) is 33.1 Å². The summed E-state index contributed by atoms with van der Waals surface area (Å²) in [5.41, 5.74) is 5.78. The largest absolute Gasteiger partial charge is 0.454 e. The molecule has 2 aromatic carbocycles. The van der Waals surface area contributed by atoms with Crippen LogP contribution < -0.4 is 25.0 Å². The number of carbonyl (C=O) groups is 2. The van der Waals surface area contributed by atoms with Gasteiger partial charge in [0.2, 0.25) is 16.8 Å². The summed E-state index contributed by atoms with van der Waals surface area (Å²) in [6, 6.07) is 9.86. The van der Waals surface area contributed by atoms with Gasteiger partial charge in [-0.3, -0.25) is 20.4 Å². The summed E-state index contributed by atoms with van der Waals surface area (Å²) in [6.07, 6.45) is 0.247. The Morgan fingerprint density at radius 2 is 1.68 bits per heavy atom. The number of amides is 2. The lowest BCUT2D eigenvalue weighted by Crippen LogP contribution is -2.52. The number of fused-ring (bicyclic) bond motifs is 1. The maximum atomic E-state index is 12.7. The lowest BCUT2D eigenvalue weighted by Gasteiger charge is -2.20. The lowest BCUT2D eigenvalue weighted by molar-refractivity contribution is -0.123. The first kappa shape index (κ1) is 22.6. The fourth-order valence-corrected chi connectivity index (χ4v) is 4.18. The molecule has 10 heteroatoms. The molecule has 0 radical (unpaired) electrons. The molecule has 9 nitrogen and oxygen atoms in total. The first-order chi connectivity index (χ1) is 14.7. The number of hydrogen-bond acceptors (Lipinski definition) is 6. The number of nitrogens with one attached hydrogen (secondary N) is 3. The number of aryl methyl sites for hydroxylation is 1. The molecule has 1 aliphatic rings. The van der Waals surface area contributed by atoms with Crippen LogP contribution in [0.4, 0.5) is 0 Å². The predicted octanol–water partition coefficient (Wildman–Crippen LogP) is 1.88. The second-order valence-corrected chi connectivity index (χ2v) is 9.34. The molecular weight excluding hydrogens is 422 g/mol. The molecular formula is C21H25N3O6S. The fourth-order valence-electron chi connectivity index (χ4n) is 2.97. The summed E-state index contributed by atoms with van der Waals surface area (Å²) < 4.78 is 38.3. The molecule has 0 aliphatic carbocycles. The van der Waals surface area contributed by atoms with E-state index in [2.05, 4.69) is 15.6 Å². The maximum Gasteiger partial charge on any atom is 0.269 e. The highest BCUT2D eigenvalue weighted by Gasteiger charge is 2.27. The smallest absolute Gasteiger partial charge is 0.269 e. The van der Waals surface area contributed by atoms with Gasteiger partial charge in [-0.05, 0) is 49.6 Å². The van der Waals surface area contributed by atoms with Gasteiger partial charge < -0.3 is 9.47 Å². The van der Waals surface area contributed by atoms with Crippen LogP contribution in [0, 0.1) is 12.8 Å². The first-order valence-electron chi connectivity index (χ1n) is 9.74. The molecule has 31 heavy (non-hydrogen) atoms. The monoisotopic (exact) mass is 447 g/mol. The first-order valence-corrected chi connectivity index (χ1v) is 11.2. The van der Waals surface area contributed by atoms with Crippen molar-refractivity contribution in [2.75, 3.05) is 6.79 Å². The second-order valence-electron chi connectivity index (χ2n) is 7.63. The van der Waals surface area contributed by atoms with Crippen molar-refractivity contribution in [3.05, 3.63) is 53.6 Å². The third kappa shape index (κ3) is 5.74. The molecule has 2 amide bonds. The Morgan fingerprint density at radius 1 is 1.00 bits per heavy atom. The van der Waals surface area contributed by atoms with Crippen LogP contribution in [0.2, 0.25) is 0 Å². The van der Waals surface area contributed by atoms with Crippen molar-refractivity contribution in [1.29, 1.82) is 0 Å². The highest BCUT2D eigenvalue weighted by Crippen LogP contribution is 2.32. The van der Waals surface area contributed by atoms with Gasteiger partial charge in [-0.2, -0.15) is 4.72 Å². The summed E-state index contributed by atoms with van der Waals surface area (Å²) in [4.78, 5) is 25.1. The van der Waals surface area contributed by atoms with Gasteiger partial charge in [0.1, 0.15) is 6.04 Å². The lowest BCUT2D eigenvalue weighted by atomic mass is 10.0. The summed E-state index contributed by atoms with van der Waals surface area (Å²) >= 11 is 0. The Hall–Kier alpha value is -3.11. The molecule has 166 valence electrons. The van der Waals surface area contributed by atoms with Gasteiger partial charge in [-0.15, -0.1) is 0 Å². The second kappa shape index (κ2) is 9.36. The van der Waals surface area contributed by atoms with Crippen LogP contribution in [0.1, 0.15) is 36.2 Å². The van der Waals surface area contributed by atoms with Gasteiger partial charge in [0.05, 0.1) is 4.90 Å². The van der Waals surface area contributed by atoms with Crippen LogP contribution in [0.5, 0.6) is 11.5 Å². The van der Waals surface area contributed by atoms with E-state index in [0.717, 1.165) is 5.56 Å². The molecule has 0 bridgehead atoms. The molecule has 0 aromatic heterocycles. The zero-order chi connectivity index (χ0) is 22.6. The van der Waals surface area contributed by atoms with E-state index in [0.29, 0.717) is 11.5 Å². The molecule has 3 rings (SSSR count). The van der Waals surface area contributed by atoms with Crippen molar-refractivity contribution in [3.8, 4) is 11.5 Å². The minimum absolute atomic E-state index is 0.0287. The number of rotatable bonds is 7. The molecule has 0 saturated carbocycles. The van der Waals surface area contributed by atoms with Crippen molar-refractivity contribution in [2.45, 2.75) is 38.1 Å². The van der Waals surface area contributed by atoms with Gasteiger partial charge in [0.15, 0.2) is 11.5 Å². The number of benzene rings is 2. The Balaban J connectivity index is 1.66. The summed E-state index contributed by atoms with van der Waals surface area (Å²) in [5, 5.41) is 0. The van der Waals surface area contributed by atoms with E-state index in [4.69, 9.17) is 9.47 Å². The highest BCUT2D eigenvalue weighted by molar-refractivity contribution is 7.89. The van der Waals surface area contributed by atoms with Crippen molar-refractivity contribution in [1.82, 2.24) is 15.6 Å². The average molecular weight is 448 g/mol. The zero-order valence-electron chi connectivity index (χ0n) is 17.5. The van der Waals surface area contributed by atoms with E-state index in [1.165, 1.54) is 24.3 Å². The van der Waals surface area contributed by atoms with Gasteiger partial charge in [0, 0.05) is 5.56 Å². The van der Waals surface area contributed by atoms with E-state index in [9.17, 15) is 18.0 Å². The van der Waals surface area contributed by atoms with Crippen LogP contribution in [0.3, 0.4) is 0 Å². The third-order valence-corrected chi connectivity index (χ3v) is 6.07. The normalized spacial score (nSPS) is 13.7. The van der Waals surface area contributed by atoms with Gasteiger partial charge in [-0.25, -0.2) is 8.42 Å². The molecule has 2 aromatic rings. The van der Waals surface area contributed by atoms with Gasteiger partial charge in [-0.1, -0.05) is 31.5 Å². The maximum absolute atomic E-state index is 12.7. The fraction of sp³-hybridized carbons (Fsp3) is 0.333. The van der Waals surface area contributed by atoms with Gasteiger partial charge in [0.25, 0.3) is 11.8 Å². The Kier molecular flexibility index (Phi) is 6.81. The molecule has 0 saturated heterocycles. The third-order valence-electron chi connectivity index (χ3n) is 4.59. The number of sulfonamides is 1. The Bertz CT molecular complexity index is 1070. The molecule has 1 atom stereocenters. The molecule has 1 aliphatic heterocycles. The summed E-state index contributed by atoms with van der Waals surface area (Å²) in [5.74, 6) is -0.249. The van der Waals surface area contributed by atoms with E-state index in [-0.39, 0.29) is 29.6 Å². The molecule has 0 unspecified atom stereocenters. The average Bonchev–Trinajstić information content (AvgIpc) is 3.19. The topological polar surface area (TPSA) is 123 Å². The van der Waals surface area contributed by atoms with Crippen LogP contribution in [0.15, 0.2) is 47.4 Å². The Morgan fingerprint density at radius 3 is 2.35 bits per heavy atom. The number of hydrazine groups is 1. The molecule has 0 spiro atoms. The molecule has 0 fully saturated rings. The summed E-state index contributed by atoms with van der Waals surface area (Å²) in [6.45, 7) is 5.66. The van der Waals surface area contributed by atoms with Crippen LogP contribution in [-0.2, 0) is 14.8 Å². The molecule has 3 N–H and O–H groups in total. The van der Waals surface area contributed by atoms with E-state index >= 15 is 0 Å². The van der Waals surface area contributed by atoms with Gasteiger partial charge >= 0.3 is 0 Å². The van der Waals surface area contributed by atoms with E-state index in [1.807, 2.05) is 20.8 Å². The molecule has 1 heterocycles. The van der Waals surface area contributed by atoms with E-state index in [1.54, 1.807) is 18.2 Å². The SMILES string of the molecule is Cc1ccc(S(=O)(=O)N[C@H](CC(C)C)C(=O)NNC(=O)c2ccc3c(c2)OCO3)cc1. The predicted molar refractivity (Wildman–Crippen MR) is 113 cm³/mol. The van der Waals surface area contributed by atoms with Crippen molar-refractivity contribution >= 4 is 21.8 Å². The van der Waals surface area contributed by atoms with Crippen molar-refractivity contribution in [3.63, 3.8) is 0 Å². The minimum atomic E-state index is -3.92. The summed E-state index contributed by atoms with van der Waals surface area (Å²) in [7, 11) is -3.92. The zero-order valence-corrected chi connectivity index (χ0v) is 18.3. The minimum Gasteiger partial charge on any atom is -0.454 e. The number of hydrogen-bond donors (Lipinski definition) is 3. The van der Waals surface area contributed by atoms with Crippen molar-refractivity contribution in [2.24, 2.45) is 5.92 Å².